The molecule has 5 nitrogen and oxygen atoms in total. The van der Waals surface area contributed by atoms with Gasteiger partial charge in [-0.2, -0.15) is 0 Å². The lowest BCUT2D eigenvalue weighted by Gasteiger charge is -2.34. The van der Waals surface area contributed by atoms with Crippen LogP contribution in [0, 0.1) is 6.92 Å². The number of rotatable bonds is 4. The average molecular weight is 444 g/mol. The standard InChI is InChI=1S/C26H25N3O2S/c1-17-11-13-18(14-12-17)27-24(31)16-29-21-8-3-2-6-19(21)28-20-7-4-9-22(30)25(20)26(29)23-10-5-15-32-23/h2-3,5-6,8,10-15,26,28H,4,7,9,16H2,1H3,(H,27,31)/t26-/m0/s1. The monoisotopic (exact) mass is 443 g/mol. The zero-order valence-electron chi connectivity index (χ0n) is 17.9. The number of amides is 1. The zero-order valence-corrected chi connectivity index (χ0v) is 18.7. The van der Waals surface area contributed by atoms with E-state index in [1.807, 2.05) is 66.9 Å². The van der Waals surface area contributed by atoms with Gasteiger partial charge in [0.05, 0.1) is 24.0 Å². The molecule has 0 bridgehead atoms. The van der Waals surface area contributed by atoms with Gasteiger partial charge in [0.1, 0.15) is 0 Å². The van der Waals surface area contributed by atoms with Crippen molar-refractivity contribution >= 4 is 40.1 Å². The number of anilines is 3. The Bertz CT molecular complexity index is 1180. The number of benzene rings is 2. The van der Waals surface area contributed by atoms with E-state index in [4.69, 9.17) is 0 Å². The molecular formula is C26H25N3O2S. The number of thiophene rings is 1. The summed E-state index contributed by atoms with van der Waals surface area (Å²) in [4.78, 5) is 29.5. The van der Waals surface area contributed by atoms with Crippen molar-refractivity contribution in [1.82, 2.24) is 0 Å². The molecule has 1 amide bonds. The Hall–Kier alpha value is -3.38. The van der Waals surface area contributed by atoms with Crippen LogP contribution in [0.15, 0.2) is 77.3 Å². The Morgan fingerprint density at radius 3 is 2.69 bits per heavy atom. The van der Waals surface area contributed by atoms with Gasteiger partial charge in [-0.3, -0.25) is 9.59 Å². The van der Waals surface area contributed by atoms with E-state index >= 15 is 0 Å². The van der Waals surface area contributed by atoms with Crippen LogP contribution in [0.3, 0.4) is 0 Å². The molecule has 2 N–H and O–H groups in total. The summed E-state index contributed by atoms with van der Waals surface area (Å²) < 4.78 is 0. The lowest BCUT2D eigenvalue weighted by Crippen LogP contribution is -2.38. The van der Waals surface area contributed by atoms with E-state index in [-0.39, 0.29) is 24.3 Å². The molecule has 0 fully saturated rings. The van der Waals surface area contributed by atoms with Gasteiger partial charge in [0, 0.05) is 28.3 Å². The third-order valence-electron chi connectivity index (χ3n) is 6.00. The second-order valence-corrected chi connectivity index (χ2v) is 9.25. The first-order valence-corrected chi connectivity index (χ1v) is 11.8. The van der Waals surface area contributed by atoms with Crippen molar-refractivity contribution in [3.05, 3.63) is 87.8 Å². The second kappa shape index (κ2) is 8.63. The molecule has 6 heteroatoms. The Labute approximate surface area is 191 Å². The Morgan fingerprint density at radius 2 is 1.91 bits per heavy atom. The number of carbonyl (C=O) groups is 2. The maximum atomic E-state index is 13.2. The minimum absolute atomic E-state index is 0.113. The van der Waals surface area contributed by atoms with Crippen LogP contribution in [-0.2, 0) is 9.59 Å². The smallest absolute Gasteiger partial charge is 0.243 e. The predicted molar refractivity (Wildman–Crippen MR) is 130 cm³/mol. The molecule has 1 atom stereocenters. The predicted octanol–water partition coefficient (Wildman–Crippen LogP) is 5.68. The van der Waals surface area contributed by atoms with Crippen molar-refractivity contribution in [1.29, 1.82) is 0 Å². The van der Waals surface area contributed by atoms with Gasteiger partial charge in [0.2, 0.25) is 5.91 Å². The van der Waals surface area contributed by atoms with E-state index in [1.165, 1.54) is 0 Å². The molecule has 0 saturated heterocycles. The maximum Gasteiger partial charge on any atom is 0.243 e. The van der Waals surface area contributed by atoms with Crippen LogP contribution >= 0.6 is 11.3 Å². The first kappa shape index (κ1) is 20.5. The quantitative estimate of drug-likeness (QED) is 0.545. The molecule has 3 aromatic rings. The number of carbonyl (C=O) groups excluding carboxylic acids is 2. The van der Waals surface area contributed by atoms with Crippen molar-refractivity contribution in [3.8, 4) is 0 Å². The number of hydrogen-bond acceptors (Lipinski definition) is 5. The number of nitrogens with zero attached hydrogens (tertiary/aromatic N) is 1. The van der Waals surface area contributed by atoms with Crippen molar-refractivity contribution in [2.45, 2.75) is 32.2 Å². The van der Waals surface area contributed by atoms with Crippen LogP contribution < -0.4 is 15.5 Å². The number of Topliss-reactive ketones (excluding diaryl/α,β-unsaturated/α-hetero) is 1. The first-order chi connectivity index (χ1) is 15.6. The summed E-state index contributed by atoms with van der Waals surface area (Å²) in [6.45, 7) is 2.16. The highest BCUT2D eigenvalue weighted by atomic mass is 32.1. The summed E-state index contributed by atoms with van der Waals surface area (Å²) in [5, 5.41) is 8.58. The highest BCUT2D eigenvalue weighted by Gasteiger charge is 2.37. The van der Waals surface area contributed by atoms with Gasteiger partial charge >= 0.3 is 0 Å². The van der Waals surface area contributed by atoms with E-state index < -0.39 is 0 Å². The lowest BCUT2D eigenvalue weighted by atomic mass is 9.88. The van der Waals surface area contributed by atoms with Crippen LogP contribution in [0.2, 0.25) is 0 Å². The topological polar surface area (TPSA) is 61.4 Å². The first-order valence-electron chi connectivity index (χ1n) is 10.9. The lowest BCUT2D eigenvalue weighted by molar-refractivity contribution is -0.117. The fourth-order valence-electron chi connectivity index (χ4n) is 4.51. The second-order valence-electron chi connectivity index (χ2n) is 8.27. The van der Waals surface area contributed by atoms with Crippen molar-refractivity contribution in [2.75, 3.05) is 22.1 Å². The Kier molecular flexibility index (Phi) is 5.53. The zero-order chi connectivity index (χ0) is 22.1. The summed E-state index contributed by atoms with van der Waals surface area (Å²) in [6, 6.07) is 19.5. The molecule has 32 heavy (non-hydrogen) atoms. The molecular weight excluding hydrogens is 418 g/mol. The molecule has 2 heterocycles. The molecule has 0 spiro atoms. The van der Waals surface area contributed by atoms with Gasteiger partial charge in [0.25, 0.3) is 0 Å². The van der Waals surface area contributed by atoms with Crippen molar-refractivity contribution in [2.24, 2.45) is 0 Å². The van der Waals surface area contributed by atoms with Gasteiger partial charge < -0.3 is 15.5 Å². The fraction of sp³-hybridized carbons (Fsp3) is 0.231. The summed E-state index contributed by atoms with van der Waals surface area (Å²) >= 11 is 1.62. The minimum atomic E-state index is -0.294. The number of aryl methyl sites for hydroxylation is 1. The molecule has 1 aliphatic carbocycles. The number of fused-ring (bicyclic) bond motifs is 1. The largest absolute Gasteiger partial charge is 0.357 e. The number of ketones is 1. The van der Waals surface area contributed by atoms with Gasteiger partial charge in [-0.05, 0) is 55.5 Å². The summed E-state index contributed by atoms with van der Waals surface area (Å²) in [7, 11) is 0. The van der Waals surface area contributed by atoms with Gasteiger partial charge in [0.15, 0.2) is 5.78 Å². The van der Waals surface area contributed by atoms with Crippen molar-refractivity contribution in [3.63, 3.8) is 0 Å². The average Bonchev–Trinajstić information content (AvgIpc) is 3.27. The van der Waals surface area contributed by atoms with E-state index in [9.17, 15) is 9.59 Å². The summed E-state index contributed by atoms with van der Waals surface area (Å²) in [6.07, 6.45) is 2.22. The summed E-state index contributed by atoms with van der Waals surface area (Å²) in [5.74, 6) is 0.0476. The Balaban J connectivity index is 1.57. The van der Waals surface area contributed by atoms with Gasteiger partial charge in [-0.15, -0.1) is 11.3 Å². The molecule has 5 rings (SSSR count). The van der Waals surface area contributed by atoms with E-state index in [0.29, 0.717) is 6.42 Å². The third-order valence-corrected chi connectivity index (χ3v) is 6.93. The SMILES string of the molecule is Cc1ccc(NC(=O)CN2c3ccccc3NC3=C(C(=O)CCC3)[C@@H]2c2cccs2)cc1. The van der Waals surface area contributed by atoms with Gasteiger partial charge in [-0.1, -0.05) is 35.9 Å². The molecule has 162 valence electrons. The molecule has 0 radical (unpaired) electrons. The minimum Gasteiger partial charge on any atom is -0.357 e. The normalized spacial score (nSPS) is 17.8. The van der Waals surface area contributed by atoms with Crippen molar-refractivity contribution < 1.29 is 9.59 Å². The fourth-order valence-corrected chi connectivity index (χ4v) is 5.35. The highest BCUT2D eigenvalue weighted by Crippen LogP contribution is 2.45. The Morgan fingerprint density at radius 1 is 1.09 bits per heavy atom. The van der Waals surface area contributed by atoms with Gasteiger partial charge in [-0.25, -0.2) is 0 Å². The number of nitrogens with one attached hydrogen (secondary N) is 2. The van der Waals surface area contributed by atoms with Crippen LogP contribution in [0.5, 0.6) is 0 Å². The van der Waals surface area contributed by atoms with Crippen LogP contribution in [0.25, 0.3) is 0 Å². The molecule has 0 unspecified atom stereocenters. The van der Waals surface area contributed by atoms with Crippen LogP contribution in [0.1, 0.15) is 35.7 Å². The van der Waals surface area contributed by atoms with Crippen LogP contribution in [0.4, 0.5) is 17.1 Å². The van der Waals surface area contributed by atoms with E-state index in [0.717, 1.165) is 51.6 Å². The van der Waals surface area contributed by atoms with E-state index in [2.05, 4.69) is 21.6 Å². The summed E-state index contributed by atoms with van der Waals surface area (Å²) in [5.41, 5.74) is 5.53. The molecule has 2 aliphatic rings. The maximum absolute atomic E-state index is 13.2. The molecule has 1 aliphatic heterocycles. The molecule has 0 saturated carbocycles. The number of para-hydroxylation sites is 2. The van der Waals surface area contributed by atoms with Crippen LogP contribution in [-0.4, -0.2) is 18.2 Å². The highest BCUT2D eigenvalue weighted by molar-refractivity contribution is 7.10. The molecule has 2 aromatic carbocycles. The number of hydrogen-bond donors (Lipinski definition) is 2. The van der Waals surface area contributed by atoms with E-state index in [1.54, 1.807) is 11.3 Å². The number of allylic oxidation sites excluding steroid dienone is 1. The molecule has 1 aromatic heterocycles. The third kappa shape index (κ3) is 3.94.